The molecule has 1 heterocycles. The molecule has 33 heavy (non-hydrogen) atoms. The second-order valence-electron chi connectivity index (χ2n) is 7.00. The number of carbonyl (C=O) groups excluding carboxylic acids is 3. The minimum absolute atomic E-state index is 0.0204. The highest BCUT2D eigenvalue weighted by Gasteiger charge is 2.34. The van der Waals surface area contributed by atoms with Crippen LogP contribution in [0.4, 0.5) is 10.5 Å². The minimum Gasteiger partial charge on any atom is -0.497 e. The van der Waals surface area contributed by atoms with Crippen molar-refractivity contribution in [3.05, 3.63) is 73.6 Å². The van der Waals surface area contributed by atoms with E-state index in [2.05, 4.69) is 5.32 Å². The van der Waals surface area contributed by atoms with Gasteiger partial charge >= 0.3 is 0 Å². The molecule has 9 nitrogen and oxygen atoms in total. The van der Waals surface area contributed by atoms with Gasteiger partial charge in [-0.15, -0.1) is 0 Å². The zero-order valence-corrected chi connectivity index (χ0v) is 19.1. The number of hydrogen-bond donors (Lipinski definition) is 1. The Hall–Kier alpha value is -3.37. The van der Waals surface area contributed by atoms with E-state index in [1.54, 1.807) is 7.11 Å². The van der Waals surface area contributed by atoms with E-state index < -0.39 is 16.1 Å². The van der Waals surface area contributed by atoms with Crippen LogP contribution in [-0.4, -0.2) is 47.1 Å². The highest BCUT2D eigenvalue weighted by Crippen LogP contribution is 2.33. The lowest BCUT2D eigenvalue weighted by Gasteiger charge is -2.13. The second-order valence-corrected chi connectivity index (χ2v) is 8.40. The van der Waals surface area contributed by atoms with Crippen molar-refractivity contribution in [3.63, 3.8) is 0 Å². The third-order valence-corrected chi connectivity index (χ3v) is 6.02. The summed E-state index contributed by atoms with van der Waals surface area (Å²) in [6.45, 7) is 0.149. The molecule has 0 atom stereocenters. The fraction of sp³-hybridized carbons (Fsp3) is 0.227. The number of benzene rings is 2. The molecule has 1 N–H and O–H groups in total. The fourth-order valence-corrected chi connectivity index (χ4v) is 4.10. The molecule has 0 aromatic heterocycles. The Bertz CT molecular complexity index is 1120. The largest absolute Gasteiger partial charge is 0.497 e. The Balaban J connectivity index is 1.51. The average molecular weight is 490 g/mol. The maximum Gasteiger partial charge on any atom is 0.293 e. The van der Waals surface area contributed by atoms with Crippen LogP contribution in [0.5, 0.6) is 5.75 Å². The highest BCUT2D eigenvalue weighted by molar-refractivity contribution is 8.18. The normalized spacial score (nSPS) is 14.6. The molecule has 0 aliphatic carbocycles. The first-order chi connectivity index (χ1) is 15.8. The number of nitro benzene ring substituents is 1. The molecule has 3 amide bonds. The van der Waals surface area contributed by atoms with Crippen molar-refractivity contribution in [2.75, 3.05) is 20.2 Å². The predicted molar refractivity (Wildman–Crippen MR) is 125 cm³/mol. The van der Waals surface area contributed by atoms with E-state index in [-0.39, 0.29) is 41.0 Å². The number of methoxy groups -OCH3 is 1. The zero-order valence-electron chi connectivity index (χ0n) is 17.6. The number of rotatable bonds is 9. The van der Waals surface area contributed by atoms with Gasteiger partial charge in [0.25, 0.3) is 16.8 Å². The van der Waals surface area contributed by atoms with Crippen LogP contribution in [0, 0.1) is 10.1 Å². The molecule has 172 valence electrons. The lowest BCUT2D eigenvalue weighted by atomic mass is 10.1. The number of halogens is 1. The van der Waals surface area contributed by atoms with E-state index >= 15 is 0 Å². The van der Waals surface area contributed by atoms with Crippen molar-refractivity contribution in [1.82, 2.24) is 10.2 Å². The van der Waals surface area contributed by atoms with Gasteiger partial charge in [0, 0.05) is 25.6 Å². The molecule has 1 aliphatic heterocycles. The quantitative estimate of drug-likeness (QED) is 0.320. The van der Waals surface area contributed by atoms with Crippen LogP contribution in [0.3, 0.4) is 0 Å². The molecule has 0 bridgehead atoms. The van der Waals surface area contributed by atoms with Gasteiger partial charge < -0.3 is 10.1 Å². The number of ether oxygens (including phenoxy) is 1. The van der Waals surface area contributed by atoms with Gasteiger partial charge in [0.05, 0.1) is 16.9 Å². The van der Waals surface area contributed by atoms with E-state index in [4.69, 9.17) is 16.3 Å². The number of nitro groups is 1. The Morgan fingerprint density at radius 3 is 2.64 bits per heavy atom. The minimum atomic E-state index is -0.622. The SMILES string of the molecule is COc1ccc(CCC(=O)NCCN2C(=O)S/C(=C\c3ccc(Cl)c([N+](=O)[O-])c3)C2=O)cc1. The Morgan fingerprint density at radius 2 is 1.97 bits per heavy atom. The predicted octanol–water partition coefficient (Wildman–Crippen LogP) is 4.04. The van der Waals surface area contributed by atoms with Crippen molar-refractivity contribution in [3.8, 4) is 5.75 Å². The van der Waals surface area contributed by atoms with Crippen LogP contribution in [0.1, 0.15) is 17.5 Å². The summed E-state index contributed by atoms with van der Waals surface area (Å²) in [7, 11) is 1.58. The molecule has 0 unspecified atom stereocenters. The summed E-state index contributed by atoms with van der Waals surface area (Å²) in [5.74, 6) is 0.0283. The van der Waals surface area contributed by atoms with Gasteiger partial charge in [-0.2, -0.15) is 0 Å². The molecule has 1 saturated heterocycles. The third kappa shape index (κ3) is 6.33. The Morgan fingerprint density at radius 1 is 1.24 bits per heavy atom. The first-order valence-electron chi connectivity index (χ1n) is 9.87. The van der Waals surface area contributed by atoms with Gasteiger partial charge in [-0.25, -0.2) is 0 Å². The highest BCUT2D eigenvalue weighted by atomic mass is 35.5. The van der Waals surface area contributed by atoms with Crippen molar-refractivity contribution >= 4 is 52.2 Å². The Kier molecular flexibility index (Phi) is 8.07. The van der Waals surface area contributed by atoms with Crippen molar-refractivity contribution in [2.45, 2.75) is 12.8 Å². The molecule has 0 radical (unpaired) electrons. The first-order valence-corrected chi connectivity index (χ1v) is 11.1. The van der Waals surface area contributed by atoms with Crippen molar-refractivity contribution in [2.24, 2.45) is 0 Å². The lowest BCUT2D eigenvalue weighted by molar-refractivity contribution is -0.384. The van der Waals surface area contributed by atoms with Crippen molar-refractivity contribution in [1.29, 1.82) is 0 Å². The van der Waals surface area contributed by atoms with Gasteiger partial charge in [0.2, 0.25) is 5.91 Å². The summed E-state index contributed by atoms with van der Waals surface area (Å²) < 4.78 is 5.10. The molecule has 11 heteroatoms. The van der Waals surface area contributed by atoms with Gasteiger partial charge in [-0.3, -0.25) is 29.4 Å². The maximum absolute atomic E-state index is 12.6. The molecular formula is C22H20ClN3O6S. The molecular weight excluding hydrogens is 470 g/mol. The van der Waals surface area contributed by atoms with Gasteiger partial charge in [0.15, 0.2) is 0 Å². The van der Waals surface area contributed by atoms with E-state index in [9.17, 15) is 24.5 Å². The standard InChI is InChI=1S/C22H20ClN3O6S/c1-32-16-6-2-14(3-7-16)5-9-20(27)24-10-11-25-21(28)19(33-22(25)29)13-15-4-8-17(23)18(12-15)26(30)31/h2-4,6-8,12-13H,5,9-11H2,1H3,(H,24,27)/b19-13-. The van der Waals surface area contributed by atoms with Crippen LogP contribution >= 0.6 is 23.4 Å². The molecule has 0 spiro atoms. The summed E-state index contributed by atoms with van der Waals surface area (Å²) in [5, 5.41) is 13.2. The van der Waals surface area contributed by atoms with E-state index in [1.165, 1.54) is 24.3 Å². The number of carbonyl (C=O) groups is 3. The van der Waals surface area contributed by atoms with Gasteiger partial charge in [0.1, 0.15) is 10.8 Å². The van der Waals surface area contributed by atoms with Gasteiger partial charge in [-0.1, -0.05) is 29.8 Å². The fourth-order valence-electron chi connectivity index (χ4n) is 3.05. The summed E-state index contributed by atoms with van der Waals surface area (Å²) in [6.07, 6.45) is 2.22. The number of thioether (sulfide) groups is 1. The smallest absolute Gasteiger partial charge is 0.293 e. The molecule has 2 aromatic rings. The van der Waals surface area contributed by atoms with Crippen LogP contribution < -0.4 is 10.1 Å². The van der Waals surface area contributed by atoms with Crippen LogP contribution in [0.2, 0.25) is 5.02 Å². The second kappa shape index (κ2) is 11.0. The van der Waals surface area contributed by atoms with Crippen LogP contribution in [0.15, 0.2) is 47.4 Å². The average Bonchev–Trinajstić information content (AvgIpc) is 3.06. The summed E-state index contributed by atoms with van der Waals surface area (Å²) in [5.41, 5.74) is 1.08. The summed E-state index contributed by atoms with van der Waals surface area (Å²) in [4.78, 5) is 48.5. The number of nitrogens with zero attached hydrogens (tertiary/aromatic N) is 2. The lowest BCUT2D eigenvalue weighted by Crippen LogP contribution is -2.37. The van der Waals surface area contributed by atoms with Gasteiger partial charge in [-0.05, 0) is 53.6 Å². The number of hydrogen-bond acceptors (Lipinski definition) is 7. The summed E-state index contributed by atoms with van der Waals surface area (Å²) in [6, 6.07) is 11.5. The maximum atomic E-state index is 12.6. The van der Waals surface area contributed by atoms with Crippen molar-refractivity contribution < 1.29 is 24.0 Å². The van der Waals surface area contributed by atoms with E-state index in [1.807, 2.05) is 24.3 Å². The molecule has 3 rings (SSSR count). The molecule has 1 fully saturated rings. The monoisotopic (exact) mass is 489 g/mol. The number of aryl methyl sites for hydroxylation is 1. The van der Waals surface area contributed by atoms with E-state index in [0.717, 1.165) is 28.0 Å². The van der Waals surface area contributed by atoms with Crippen LogP contribution in [0.25, 0.3) is 6.08 Å². The third-order valence-electron chi connectivity index (χ3n) is 4.80. The van der Waals surface area contributed by atoms with Crippen LogP contribution in [-0.2, 0) is 16.0 Å². The molecule has 2 aromatic carbocycles. The number of nitrogens with one attached hydrogen (secondary N) is 1. The Labute approximate surface area is 198 Å². The number of imide groups is 1. The molecule has 1 aliphatic rings. The van der Waals surface area contributed by atoms with E-state index in [0.29, 0.717) is 12.0 Å². The zero-order chi connectivity index (χ0) is 24.0. The summed E-state index contributed by atoms with van der Waals surface area (Å²) >= 11 is 6.54. The number of amides is 3. The topological polar surface area (TPSA) is 119 Å². The molecule has 0 saturated carbocycles. The first kappa shape index (κ1) is 24.3.